The molecule has 0 aromatic carbocycles. The highest BCUT2D eigenvalue weighted by molar-refractivity contribution is 6.20. The van der Waals surface area contributed by atoms with Crippen LogP contribution in [0.4, 0.5) is 0 Å². The van der Waals surface area contributed by atoms with E-state index in [0.29, 0.717) is 5.38 Å². The van der Waals surface area contributed by atoms with Crippen molar-refractivity contribution in [2.24, 2.45) is 5.92 Å². The van der Waals surface area contributed by atoms with Gasteiger partial charge in [-0.25, -0.2) is 0 Å². The molecule has 1 atom stereocenters. The molecule has 2 nitrogen and oxygen atoms in total. The Balaban J connectivity index is 1.82. The fraction of sp³-hybridized carbons (Fsp3) is 0.643. The summed E-state index contributed by atoms with van der Waals surface area (Å²) < 4.78 is 5.57. The number of ether oxygens (including phenoxy) is 1. The molecule has 0 N–H and O–H groups in total. The molecule has 0 amide bonds. The van der Waals surface area contributed by atoms with Gasteiger partial charge in [0, 0.05) is 11.6 Å². The molecule has 0 saturated heterocycles. The highest BCUT2D eigenvalue weighted by Gasteiger charge is 2.29. The highest BCUT2D eigenvalue weighted by Crippen LogP contribution is 2.37. The van der Waals surface area contributed by atoms with Gasteiger partial charge in [0.2, 0.25) is 0 Å². The third-order valence-corrected chi connectivity index (χ3v) is 3.66. The summed E-state index contributed by atoms with van der Waals surface area (Å²) in [5, 5.41) is 0.343. The zero-order valence-corrected chi connectivity index (χ0v) is 11.1. The lowest BCUT2D eigenvalue weighted by Crippen LogP contribution is -2.03. The van der Waals surface area contributed by atoms with E-state index in [2.05, 4.69) is 18.0 Å². The van der Waals surface area contributed by atoms with Crippen molar-refractivity contribution < 1.29 is 4.74 Å². The molecule has 1 aromatic heterocycles. The van der Waals surface area contributed by atoms with Crippen molar-refractivity contribution in [2.75, 3.05) is 6.61 Å². The Morgan fingerprint density at radius 3 is 3.00 bits per heavy atom. The van der Waals surface area contributed by atoms with Crippen LogP contribution in [0.5, 0.6) is 5.75 Å². The van der Waals surface area contributed by atoms with Gasteiger partial charge in [-0.2, -0.15) is 0 Å². The van der Waals surface area contributed by atoms with Crippen molar-refractivity contribution in [3.63, 3.8) is 0 Å². The maximum Gasteiger partial charge on any atom is 0.137 e. The molecular formula is C14H20ClNO. The lowest BCUT2D eigenvalue weighted by molar-refractivity contribution is 0.316. The minimum Gasteiger partial charge on any atom is -0.492 e. The number of aromatic nitrogens is 1. The van der Waals surface area contributed by atoms with Crippen molar-refractivity contribution in [1.82, 2.24) is 4.98 Å². The third-order valence-electron chi connectivity index (χ3n) is 3.08. The molecule has 17 heavy (non-hydrogen) atoms. The van der Waals surface area contributed by atoms with Crippen LogP contribution in [0.3, 0.4) is 0 Å². The van der Waals surface area contributed by atoms with Crippen molar-refractivity contribution >= 4 is 11.6 Å². The number of hydrogen-bond acceptors (Lipinski definition) is 2. The number of halogens is 1. The van der Waals surface area contributed by atoms with Crippen LogP contribution in [0.2, 0.25) is 0 Å². The predicted octanol–water partition coefficient (Wildman–Crippen LogP) is 3.82. The summed E-state index contributed by atoms with van der Waals surface area (Å²) in [6, 6.07) is 2.08. The van der Waals surface area contributed by atoms with Gasteiger partial charge in [0.25, 0.3) is 0 Å². The summed E-state index contributed by atoms with van der Waals surface area (Å²) in [5.41, 5.74) is 1.23. The van der Waals surface area contributed by atoms with E-state index >= 15 is 0 Å². The molecule has 0 radical (unpaired) electrons. The molecule has 1 aliphatic rings. The molecule has 2 rings (SSSR count). The molecule has 1 fully saturated rings. The zero-order valence-electron chi connectivity index (χ0n) is 10.4. The van der Waals surface area contributed by atoms with Gasteiger partial charge in [-0.15, -0.1) is 11.6 Å². The van der Waals surface area contributed by atoms with Crippen LogP contribution in [0, 0.1) is 5.92 Å². The van der Waals surface area contributed by atoms with Gasteiger partial charge in [-0.1, -0.05) is 6.92 Å². The van der Waals surface area contributed by atoms with Crippen LogP contribution < -0.4 is 4.74 Å². The maximum absolute atomic E-state index is 6.30. The summed E-state index contributed by atoms with van der Waals surface area (Å²) in [4.78, 5) is 4.21. The summed E-state index contributed by atoms with van der Waals surface area (Å²) in [6.07, 6.45) is 9.38. The molecule has 1 heterocycles. The Kier molecular flexibility index (Phi) is 4.66. The second kappa shape index (κ2) is 6.25. The largest absolute Gasteiger partial charge is 0.492 e. The quantitative estimate of drug-likeness (QED) is 0.690. The highest BCUT2D eigenvalue weighted by atomic mass is 35.5. The smallest absolute Gasteiger partial charge is 0.137 e. The minimum absolute atomic E-state index is 0.343. The van der Waals surface area contributed by atoms with Crippen molar-refractivity contribution in [3.8, 4) is 5.75 Å². The summed E-state index contributed by atoms with van der Waals surface area (Å²) in [6.45, 7) is 2.86. The van der Waals surface area contributed by atoms with Gasteiger partial charge in [0.15, 0.2) is 0 Å². The van der Waals surface area contributed by atoms with E-state index in [1.807, 2.05) is 6.20 Å². The first-order chi connectivity index (χ1) is 8.29. The van der Waals surface area contributed by atoms with E-state index in [-0.39, 0.29) is 0 Å². The first-order valence-corrected chi connectivity index (χ1v) is 6.94. The van der Waals surface area contributed by atoms with Gasteiger partial charge in [-0.05, 0) is 49.7 Å². The third kappa shape index (κ3) is 4.19. The van der Waals surface area contributed by atoms with Gasteiger partial charge in [0.05, 0.1) is 12.8 Å². The SMILES string of the molecule is CCCOc1cncc(CCC(Cl)C2CC2)c1. The summed E-state index contributed by atoms with van der Waals surface area (Å²) in [5.74, 6) is 1.64. The number of alkyl halides is 1. The lowest BCUT2D eigenvalue weighted by atomic mass is 10.1. The molecule has 3 heteroatoms. The van der Waals surface area contributed by atoms with Gasteiger partial charge in [0.1, 0.15) is 5.75 Å². The van der Waals surface area contributed by atoms with E-state index in [4.69, 9.17) is 16.3 Å². The zero-order chi connectivity index (χ0) is 12.1. The molecule has 1 saturated carbocycles. The van der Waals surface area contributed by atoms with Crippen LogP contribution in [0.1, 0.15) is 38.2 Å². The normalized spacial score (nSPS) is 16.8. The molecule has 1 unspecified atom stereocenters. The second-order valence-corrected chi connectivity index (χ2v) is 5.33. The van der Waals surface area contributed by atoms with Crippen LogP contribution in [0.15, 0.2) is 18.5 Å². The molecular weight excluding hydrogens is 234 g/mol. The standard InChI is InChI=1S/C14H20ClNO/c1-2-7-17-13-8-11(9-16-10-13)3-6-14(15)12-4-5-12/h8-10,12,14H,2-7H2,1H3. The van der Waals surface area contributed by atoms with Crippen molar-refractivity contribution in [3.05, 3.63) is 24.0 Å². The molecule has 94 valence electrons. The Labute approximate surface area is 108 Å². The summed E-state index contributed by atoms with van der Waals surface area (Å²) >= 11 is 6.30. The van der Waals surface area contributed by atoms with Crippen molar-refractivity contribution in [2.45, 2.75) is 44.4 Å². The Morgan fingerprint density at radius 2 is 2.29 bits per heavy atom. The Bertz CT molecular complexity index is 352. The van der Waals surface area contributed by atoms with Crippen LogP contribution in [-0.2, 0) is 6.42 Å². The van der Waals surface area contributed by atoms with Crippen molar-refractivity contribution in [1.29, 1.82) is 0 Å². The fourth-order valence-corrected chi connectivity index (χ4v) is 2.26. The van der Waals surface area contributed by atoms with Gasteiger partial charge < -0.3 is 4.74 Å². The number of rotatable bonds is 7. The molecule has 1 aliphatic carbocycles. The second-order valence-electron chi connectivity index (χ2n) is 4.77. The summed E-state index contributed by atoms with van der Waals surface area (Å²) in [7, 11) is 0. The number of pyridine rings is 1. The van der Waals surface area contributed by atoms with E-state index in [0.717, 1.165) is 37.5 Å². The number of hydrogen-bond donors (Lipinski definition) is 0. The lowest BCUT2D eigenvalue weighted by Gasteiger charge is -2.09. The van der Waals surface area contributed by atoms with E-state index in [1.54, 1.807) is 6.20 Å². The first-order valence-electron chi connectivity index (χ1n) is 6.50. The van der Waals surface area contributed by atoms with E-state index < -0.39 is 0 Å². The van der Waals surface area contributed by atoms with E-state index in [9.17, 15) is 0 Å². The number of aryl methyl sites for hydroxylation is 1. The van der Waals surface area contributed by atoms with Crippen LogP contribution >= 0.6 is 11.6 Å². The molecule has 0 bridgehead atoms. The molecule has 0 spiro atoms. The van der Waals surface area contributed by atoms with Gasteiger partial charge in [-0.3, -0.25) is 4.98 Å². The maximum atomic E-state index is 6.30. The number of nitrogens with zero attached hydrogens (tertiary/aromatic N) is 1. The Hall–Kier alpha value is -0.760. The average molecular weight is 254 g/mol. The minimum atomic E-state index is 0.343. The van der Waals surface area contributed by atoms with Crippen LogP contribution in [0.25, 0.3) is 0 Å². The monoisotopic (exact) mass is 253 g/mol. The average Bonchev–Trinajstić information content (AvgIpc) is 3.18. The fourth-order valence-electron chi connectivity index (χ4n) is 1.90. The topological polar surface area (TPSA) is 22.1 Å². The molecule has 1 aromatic rings. The van der Waals surface area contributed by atoms with Crippen LogP contribution in [-0.4, -0.2) is 17.0 Å². The predicted molar refractivity (Wildman–Crippen MR) is 70.7 cm³/mol. The van der Waals surface area contributed by atoms with Gasteiger partial charge >= 0.3 is 0 Å². The Morgan fingerprint density at radius 1 is 1.47 bits per heavy atom. The molecule has 0 aliphatic heterocycles. The first kappa shape index (κ1) is 12.7. The van der Waals surface area contributed by atoms with E-state index in [1.165, 1.54) is 18.4 Å².